The van der Waals surface area contributed by atoms with E-state index in [0.29, 0.717) is 19.4 Å². The predicted molar refractivity (Wildman–Crippen MR) is 96.8 cm³/mol. The molecule has 4 nitrogen and oxygen atoms in total. The van der Waals surface area contributed by atoms with Gasteiger partial charge in [0.1, 0.15) is 0 Å². The second kappa shape index (κ2) is 7.82. The van der Waals surface area contributed by atoms with Crippen LogP contribution in [0, 0.1) is 5.92 Å². The Morgan fingerprint density at radius 3 is 2.46 bits per heavy atom. The van der Waals surface area contributed by atoms with Gasteiger partial charge in [0, 0.05) is 38.9 Å². The van der Waals surface area contributed by atoms with Crippen molar-refractivity contribution < 1.29 is 9.59 Å². The average molecular weight is 330 g/mol. The maximum atomic E-state index is 11.9. The zero-order chi connectivity index (χ0) is 17.7. The highest BCUT2D eigenvalue weighted by atomic mass is 16.2. The van der Waals surface area contributed by atoms with Crippen molar-refractivity contribution in [3.05, 3.63) is 35.4 Å². The highest BCUT2D eigenvalue weighted by Gasteiger charge is 2.26. The number of nitrogens with one attached hydrogen (secondary N) is 1. The minimum atomic E-state index is 0.0864. The average Bonchev–Trinajstić information content (AvgIpc) is 2.83. The molecule has 2 rings (SSSR count). The van der Waals surface area contributed by atoms with Gasteiger partial charge in [-0.2, -0.15) is 0 Å². The van der Waals surface area contributed by atoms with Crippen molar-refractivity contribution in [3.8, 4) is 0 Å². The quantitative estimate of drug-likeness (QED) is 0.872. The zero-order valence-corrected chi connectivity index (χ0v) is 15.4. The third-order valence-electron chi connectivity index (χ3n) is 4.70. The van der Waals surface area contributed by atoms with Crippen molar-refractivity contribution in [3.63, 3.8) is 0 Å². The molecular weight excluding hydrogens is 300 g/mol. The molecule has 0 spiro atoms. The molecule has 1 atom stereocenters. The van der Waals surface area contributed by atoms with Crippen LogP contribution in [0.15, 0.2) is 24.3 Å². The smallest absolute Gasteiger partial charge is 0.222 e. The van der Waals surface area contributed by atoms with Gasteiger partial charge < -0.3 is 10.2 Å². The Labute approximate surface area is 145 Å². The van der Waals surface area contributed by atoms with Crippen LogP contribution in [-0.4, -0.2) is 36.9 Å². The summed E-state index contributed by atoms with van der Waals surface area (Å²) in [4.78, 5) is 25.1. The summed E-state index contributed by atoms with van der Waals surface area (Å²) in [6.45, 7) is 7.99. The summed E-state index contributed by atoms with van der Waals surface area (Å²) in [7, 11) is 1.81. The lowest BCUT2D eigenvalue weighted by atomic mass is 9.86. The number of carbonyl (C=O) groups excluding carboxylic acids is 2. The minimum absolute atomic E-state index is 0.0864. The zero-order valence-electron chi connectivity index (χ0n) is 15.4. The van der Waals surface area contributed by atoms with Crippen LogP contribution in [0.1, 0.15) is 51.2 Å². The number of aryl methyl sites for hydroxylation is 1. The molecule has 1 saturated heterocycles. The highest BCUT2D eigenvalue weighted by molar-refractivity contribution is 5.79. The van der Waals surface area contributed by atoms with Crippen molar-refractivity contribution in [2.75, 3.05) is 20.1 Å². The molecule has 24 heavy (non-hydrogen) atoms. The van der Waals surface area contributed by atoms with E-state index in [1.54, 1.807) is 4.90 Å². The molecule has 1 aliphatic heterocycles. The van der Waals surface area contributed by atoms with E-state index in [4.69, 9.17) is 0 Å². The van der Waals surface area contributed by atoms with E-state index in [1.807, 2.05) is 7.05 Å². The van der Waals surface area contributed by atoms with Gasteiger partial charge in [0.2, 0.25) is 11.8 Å². The predicted octanol–water partition coefficient (Wildman–Crippen LogP) is 2.90. The summed E-state index contributed by atoms with van der Waals surface area (Å²) in [6, 6.07) is 8.70. The lowest BCUT2D eigenvalue weighted by molar-refractivity contribution is -0.126. The van der Waals surface area contributed by atoms with Crippen LogP contribution in [0.25, 0.3) is 0 Å². The van der Waals surface area contributed by atoms with Gasteiger partial charge in [-0.3, -0.25) is 9.59 Å². The molecule has 1 aromatic rings. The van der Waals surface area contributed by atoms with Crippen LogP contribution in [-0.2, 0) is 21.4 Å². The molecule has 1 aliphatic rings. The summed E-state index contributed by atoms with van der Waals surface area (Å²) < 4.78 is 0. The van der Waals surface area contributed by atoms with Gasteiger partial charge in [0.05, 0.1) is 0 Å². The molecule has 132 valence electrons. The number of benzene rings is 1. The largest absolute Gasteiger partial charge is 0.356 e. The Hall–Kier alpha value is -1.84. The molecule has 1 fully saturated rings. The maximum absolute atomic E-state index is 11.9. The minimum Gasteiger partial charge on any atom is -0.356 e. The number of carbonyl (C=O) groups is 2. The van der Waals surface area contributed by atoms with Gasteiger partial charge in [-0.25, -0.2) is 0 Å². The molecule has 0 aliphatic carbocycles. The first-order chi connectivity index (χ1) is 11.3. The highest BCUT2D eigenvalue weighted by Crippen LogP contribution is 2.22. The van der Waals surface area contributed by atoms with Crippen LogP contribution in [0.4, 0.5) is 0 Å². The lowest BCUT2D eigenvalue weighted by Gasteiger charge is -2.19. The first-order valence-corrected chi connectivity index (χ1v) is 8.86. The molecule has 0 aromatic heterocycles. The number of likely N-dealkylation sites (tertiary alicyclic amines) is 1. The fourth-order valence-electron chi connectivity index (χ4n) is 3.06. The first kappa shape index (κ1) is 18.5. The van der Waals surface area contributed by atoms with Gasteiger partial charge >= 0.3 is 0 Å². The first-order valence-electron chi connectivity index (χ1n) is 8.86. The number of amides is 2. The molecule has 1 N–H and O–H groups in total. The SMILES string of the molecule is CN1CC(CNC(=O)CCCc2ccc(C(C)(C)C)cc2)CC1=O. The van der Waals surface area contributed by atoms with Gasteiger partial charge in [0.25, 0.3) is 0 Å². The van der Waals surface area contributed by atoms with Crippen molar-refractivity contribution in [1.82, 2.24) is 10.2 Å². The van der Waals surface area contributed by atoms with Gasteiger partial charge in [0.15, 0.2) is 0 Å². The number of nitrogens with zero attached hydrogens (tertiary/aromatic N) is 1. The Kier molecular flexibility index (Phi) is 6.03. The van der Waals surface area contributed by atoms with Crippen molar-refractivity contribution in [2.45, 2.75) is 51.9 Å². The van der Waals surface area contributed by atoms with E-state index in [0.717, 1.165) is 19.4 Å². The Balaban J connectivity index is 1.66. The fraction of sp³-hybridized carbons (Fsp3) is 0.600. The number of hydrogen-bond donors (Lipinski definition) is 1. The molecule has 0 bridgehead atoms. The summed E-state index contributed by atoms with van der Waals surface area (Å²) in [6.07, 6.45) is 2.86. The van der Waals surface area contributed by atoms with E-state index in [-0.39, 0.29) is 23.1 Å². The van der Waals surface area contributed by atoms with Crippen LogP contribution in [0.2, 0.25) is 0 Å². The van der Waals surface area contributed by atoms with E-state index in [9.17, 15) is 9.59 Å². The van der Waals surface area contributed by atoms with Crippen LogP contribution < -0.4 is 5.32 Å². The molecule has 1 heterocycles. The summed E-state index contributed by atoms with van der Waals surface area (Å²) in [5, 5.41) is 2.96. The molecular formula is C20H30N2O2. The Bertz CT molecular complexity index is 572. The number of hydrogen-bond acceptors (Lipinski definition) is 2. The molecule has 1 aromatic carbocycles. The van der Waals surface area contributed by atoms with Crippen LogP contribution in [0.3, 0.4) is 0 Å². The second-order valence-corrected chi connectivity index (χ2v) is 7.95. The fourth-order valence-corrected chi connectivity index (χ4v) is 3.06. The summed E-state index contributed by atoms with van der Waals surface area (Å²) >= 11 is 0. The number of rotatable bonds is 6. The van der Waals surface area contributed by atoms with E-state index in [1.165, 1.54) is 11.1 Å². The van der Waals surface area contributed by atoms with Crippen molar-refractivity contribution >= 4 is 11.8 Å². The molecule has 4 heteroatoms. The normalized spacial score (nSPS) is 18.1. The topological polar surface area (TPSA) is 49.4 Å². The van der Waals surface area contributed by atoms with Crippen LogP contribution in [0.5, 0.6) is 0 Å². The van der Waals surface area contributed by atoms with Crippen LogP contribution >= 0.6 is 0 Å². The van der Waals surface area contributed by atoms with E-state index >= 15 is 0 Å². The van der Waals surface area contributed by atoms with Crippen molar-refractivity contribution in [2.24, 2.45) is 5.92 Å². The monoisotopic (exact) mass is 330 g/mol. The van der Waals surface area contributed by atoms with E-state index < -0.39 is 0 Å². The second-order valence-electron chi connectivity index (χ2n) is 7.95. The third kappa shape index (κ3) is 5.36. The van der Waals surface area contributed by atoms with Crippen molar-refractivity contribution in [1.29, 1.82) is 0 Å². The third-order valence-corrected chi connectivity index (χ3v) is 4.70. The molecule has 1 unspecified atom stereocenters. The van der Waals surface area contributed by atoms with Gasteiger partial charge in [-0.1, -0.05) is 45.0 Å². The Morgan fingerprint density at radius 2 is 1.92 bits per heavy atom. The Morgan fingerprint density at radius 1 is 1.25 bits per heavy atom. The van der Waals surface area contributed by atoms with Gasteiger partial charge in [-0.05, 0) is 29.4 Å². The standard InChI is InChI=1S/C20H30N2O2/c1-20(2,3)17-10-8-15(9-11-17)6-5-7-18(23)21-13-16-12-19(24)22(4)14-16/h8-11,16H,5-7,12-14H2,1-4H3,(H,21,23). The molecule has 0 radical (unpaired) electrons. The summed E-state index contributed by atoms with van der Waals surface area (Å²) in [5.41, 5.74) is 2.78. The lowest BCUT2D eigenvalue weighted by Crippen LogP contribution is -2.30. The molecule has 2 amide bonds. The van der Waals surface area contributed by atoms with E-state index in [2.05, 4.69) is 50.4 Å². The van der Waals surface area contributed by atoms with Gasteiger partial charge in [-0.15, -0.1) is 0 Å². The maximum Gasteiger partial charge on any atom is 0.222 e. The summed E-state index contributed by atoms with van der Waals surface area (Å²) in [5.74, 6) is 0.521. The molecule has 0 saturated carbocycles.